The first-order chi connectivity index (χ1) is 14.5. The monoisotopic (exact) mass is 454 g/mol. The maximum absolute atomic E-state index is 12.6. The fourth-order valence-electron chi connectivity index (χ4n) is 4.86. The molecule has 8 nitrogen and oxygen atoms in total. The first-order valence-electron chi connectivity index (χ1n) is 10.1. The van der Waals surface area contributed by atoms with Gasteiger partial charge in [-0.15, -0.1) is 11.6 Å². The molecule has 7 atom stereocenters. The van der Waals surface area contributed by atoms with E-state index >= 15 is 0 Å². The molecule has 0 amide bonds. The Kier molecular flexibility index (Phi) is 6.64. The molecule has 2 aliphatic carbocycles. The van der Waals surface area contributed by atoms with Gasteiger partial charge in [0.05, 0.1) is 17.9 Å². The van der Waals surface area contributed by atoms with Gasteiger partial charge in [0.25, 0.3) is 0 Å². The molecule has 31 heavy (non-hydrogen) atoms. The molecule has 0 spiro atoms. The van der Waals surface area contributed by atoms with E-state index in [1.165, 1.54) is 19.9 Å². The average Bonchev–Trinajstić information content (AvgIpc) is 3.09. The number of carbonyl (C=O) groups is 3. The normalized spacial score (nSPS) is 37.6. The Morgan fingerprint density at radius 3 is 2.65 bits per heavy atom. The van der Waals surface area contributed by atoms with Gasteiger partial charge in [-0.2, -0.15) is 0 Å². The maximum Gasteiger partial charge on any atom is 0.334 e. The third kappa shape index (κ3) is 4.16. The van der Waals surface area contributed by atoms with E-state index in [0.29, 0.717) is 5.57 Å². The van der Waals surface area contributed by atoms with Gasteiger partial charge in [-0.1, -0.05) is 18.7 Å². The van der Waals surface area contributed by atoms with Crippen molar-refractivity contribution >= 4 is 29.5 Å². The molecule has 0 aromatic heterocycles. The van der Waals surface area contributed by atoms with Crippen LogP contribution in [0.4, 0.5) is 0 Å². The molecule has 3 rings (SSSR count). The molecule has 0 aromatic rings. The van der Waals surface area contributed by atoms with Gasteiger partial charge in [0.2, 0.25) is 0 Å². The van der Waals surface area contributed by atoms with E-state index in [2.05, 4.69) is 13.2 Å². The Bertz CT molecular complexity index is 848. The van der Waals surface area contributed by atoms with E-state index in [0.717, 1.165) is 0 Å². The summed E-state index contributed by atoms with van der Waals surface area (Å²) < 4.78 is 16.1. The van der Waals surface area contributed by atoms with E-state index in [9.17, 15) is 24.6 Å². The lowest BCUT2D eigenvalue weighted by Gasteiger charge is -2.37. The van der Waals surface area contributed by atoms with Crippen LogP contribution in [0.15, 0.2) is 36.0 Å². The summed E-state index contributed by atoms with van der Waals surface area (Å²) in [7, 11) is 0. The SMILES string of the molecule is C=C1C(=O)O[C@H]2[C@H]1[C@@H](OC(=O)/C(C)=C/COC(C)=O)CC(=C)[C@@H]1C[C@H](O)[C@](O)(CCl)[C@H]21. The number of rotatable bonds is 5. The zero-order valence-corrected chi connectivity index (χ0v) is 18.3. The van der Waals surface area contributed by atoms with Gasteiger partial charge in [0, 0.05) is 30.4 Å². The molecule has 0 unspecified atom stereocenters. The molecular formula is C22H27ClO8. The van der Waals surface area contributed by atoms with Crippen LogP contribution < -0.4 is 0 Å². The van der Waals surface area contributed by atoms with Crippen molar-refractivity contribution in [3.63, 3.8) is 0 Å². The Balaban J connectivity index is 1.89. The predicted molar refractivity (Wildman–Crippen MR) is 110 cm³/mol. The second-order valence-corrected chi connectivity index (χ2v) is 8.69. The van der Waals surface area contributed by atoms with Crippen LogP contribution in [0.25, 0.3) is 0 Å². The molecule has 1 heterocycles. The van der Waals surface area contributed by atoms with Gasteiger partial charge in [0.15, 0.2) is 0 Å². The minimum atomic E-state index is -1.68. The van der Waals surface area contributed by atoms with Crippen LogP contribution in [0.1, 0.15) is 26.7 Å². The van der Waals surface area contributed by atoms with E-state index in [4.69, 9.17) is 25.8 Å². The molecule has 3 aliphatic rings. The van der Waals surface area contributed by atoms with Gasteiger partial charge in [0.1, 0.15) is 24.4 Å². The average molecular weight is 455 g/mol. The van der Waals surface area contributed by atoms with Crippen molar-refractivity contribution in [1.82, 2.24) is 0 Å². The molecular weight excluding hydrogens is 428 g/mol. The van der Waals surface area contributed by atoms with Crippen molar-refractivity contribution < 1.29 is 38.8 Å². The van der Waals surface area contributed by atoms with Crippen LogP contribution in [0.3, 0.4) is 0 Å². The molecule has 0 bridgehead atoms. The summed E-state index contributed by atoms with van der Waals surface area (Å²) in [5.41, 5.74) is -0.642. The highest BCUT2D eigenvalue weighted by Crippen LogP contribution is 2.55. The van der Waals surface area contributed by atoms with E-state index in [1.807, 2.05) is 0 Å². The predicted octanol–water partition coefficient (Wildman–Crippen LogP) is 1.43. The largest absolute Gasteiger partial charge is 0.462 e. The Morgan fingerprint density at radius 2 is 2.03 bits per heavy atom. The van der Waals surface area contributed by atoms with Gasteiger partial charge < -0.3 is 24.4 Å². The summed E-state index contributed by atoms with van der Waals surface area (Å²) in [5.74, 6) is -3.79. The van der Waals surface area contributed by atoms with Crippen molar-refractivity contribution in [2.45, 2.75) is 50.6 Å². The highest BCUT2D eigenvalue weighted by atomic mass is 35.5. The highest BCUT2D eigenvalue weighted by Gasteiger charge is 2.64. The molecule has 0 aromatic carbocycles. The smallest absolute Gasteiger partial charge is 0.334 e. The van der Waals surface area contributed by atoms with Gasteiger partial charge in [-0.3, -0.25) is 4.79 Å². The van der Waals surface area contributed by atoms with E-state index in [1.54, 1.807) is 0 Å². The number of aliphatic hydroxyl groups excluding tert-OH is 1. The van der Waals surface area contributed by atoms with Crippen molar-refractivity contribution in [2.75, 3.05) is 12.5 Å². The molecule has 170 valence electrons. The fraction of sp³-hybridized carbons (Fsp3) is 0.591. The Morgan fingerprint density at radius 1 is 1.35 bits per heavy atom. The lowest BCUT2D eigenvalue weighted by molar-refractivity contribution is -0.155. The van der Waals surface area contributed by atoms with Gasteiger partial charge in [-0.25, -0.2) is 9.59 Å². The molecule has 3 fully saturated rings. The molecule has 2 N–H and O–H groups in total. The van der Waals surface area contributed by atoms with Crippen LogP contribution in [-0.4, -0.2) is 64.5 Å². The Labute approximate surface area is 185 Å². The number of carbonyl (C=O) groups excluding carboxylic acids is 3. The summed E-state index contributed by atoms with van der Waals surface area (Å²) in [5, 5.41) is 21.6. The first kappa shape index (κ1) is 23.5. The summed E-state index contributed by atoms with van der Waals surface area (Å²) in [4.78, 5) is 35.9. The van der Waals surface area contributed by atoms with E-state index in [-0.39, 0.29) is 42.4 Å². The Hall–Kier alpha value is -2.16. The second kappa shape index (κ2) is 8.76. The van der Waals surface area contributed by atoms with Crippen molar-refractivity contribution in [1.29, 1.82) is 0 Å². The molecule has 9 heteroatoms. The molecule has 1 saturated heterocycles. The number of hydrogen-bond donors (Lipinski definition) is 2. The maximum atomic E-state index is 12.6. The summed E-state index contributed by atoms with van der Waals surface area (Å²) >= 11 is 6.03. The lowest BCUT2D eigenvalue weighted by atomic mass is 9.76. The van der Waals surface area contributed by atoms with Crippen LogP contribution in [-0.2, 0) is 28.6 Å². The van der Waals surface area contributed by atoms with Crippen LogP contribution in [0, 0.1) is 17.8 Å². The molecule has 2 saturated carbocycles. The second-order valence-electron chi connectivity index (χ2n) is 8.43. The number of halogens is 1. The summed E-state index contributed by atoms with van der Waals surface area (Å²) in [6.45, 7) is 10.6. The quantitative estimate of drug-likeness (QED) is 0.210. The minimum Gasteiger partial charge on any atom is -0.462 e. The fourth-order valence-corrected chi connectivity index (χ4v) is 5.22. The minimum absolute atomic E-state index is 0.0706. The number of aliphatic hydroxyl groups is 2. The molecule has 0 radical (unpaired) electrons. The zero-order chi connectivity index (χ0) is 23.1. The van der Waals surface area contributed by atoms with Gasteiger partial charge in [-0.05, 0) is 25.3 Å². The third-order valence-electron chi connectivity index (χ3n) is 6.54. The summed E-state index contributed by atoms with van der Waals surface area (Å²) in [6, 6.07) is 0. The number of hydrogen-bond acceptors (Lipinski definition) is 8. The number of alkyl halides is 1. The van der Waals surface area contributed by atoms with Crippen molar-refractivity contribution in [3.05, 3.63) is 36.0 Å². The van der Waals surface area contributed by atoms with Crippen LogP contribution in [0.2, 0.25) is 0 Å². The number of fused-ring (bicyclic) bond motifs is 3. The number of esters is 3. The summed E-state index contributed by atoms with van der Waals surface area (Å²) in [6.07, 6.45) is -0.921. The standard InChI is InChI=1S/C22H27ClO8/c1-10(5-6-29-13(4)24)20(26)30-15-7-11(2)14-8-16(25)22(28,9-23)18(14)19-17(15)12(3)21(27)31-19/h5,14-19,25,28H,2-3,6-9H2,1,4H3/b10-5+/t14-,15-,16-,17+,18-,19-,22+/m0/s1. The zero-order valence-electron chi connectivity index (χ0n) is 17.5. The topological polar surface area (TPSA) is 119 Å². The van der Waals surface area contributed by atoms with Crippen molar-refractivity contribution in [3.8, 4) is 0 Å². The lowest BCUT2D eigenvalue weighted by Crippen LogP contribution is -2.52. The molecule has 1 aliphatic heterocycles. The van der Waals surface area contributed by atoms with E-state index < -0.39 is 53.7 Å². The first-order valence-corrected chi connectivity index (χ1v) is 10.6. The van der Waals surface area contributed by atoms with Gasteiger partial charge >= 0.3 is 17.9 Å². The van der Waals surface area contributed by atoms with Crippen molar-refractivity contribution in [2.24, 2.45) is 17.8 Å². The van der Waals surface area contributed by atoms with Crippen LogP contribution in [0.5, 0.6) is 0 Å². The highest BCUT2D eigenvalue weighted by molar-refractivity contribution is 6.18. The van der Waals surface area contributed by atoms with Crippen LogP contribution >= 0.6 is 11.6 Å². The third-order valence-corrected chi connectivity index (χ3v) is 6.97. The number of ether oxygens (including phenoxy) is 3.